The van der Waals surface area contributed by atoms with Gasteiger partial charge >= 0.3 is 6.03 Å². The number of nitrogens with zero attached hydrogens (tertiary/aromatic N) is 1. The van der Waals surface area contributed by atoms with Gasteiger partial charge in [-0.1, -0.05) is 0 Å². The summed E-state index contributed by atoms with van der Waals surface area (Å²) in [6, 6.07) is -0.622. The van der Waals surface area contributed by atoms with Crippen molar-refractivity contribution in [2.75, 3.05) is 7.05 Å². The molecule has 4 amide bonds. The first kappa shape index (κ1) is 10.9. The quantitative estimate of drug-likeness (QED) is 0.627. The van der Waals surface area contributed by atoms with Crippen molar-refractivity contribution in [1.29, 1.82) is 0 Å². The fourth-order valence-electron chi connectivity index (χ4n) is 1.66. The summed E-state index contributed by atoms with van der Waals surface area (Å²) in [5.74, 6) is -0.521. The lowest BCUT2D eigenvalue weighted by Crippen LogP contribution is -2.55. The van der Waals surface area contributed by atoms with Gasteiger partial charge < -0.3 is 10.6 Å². The van der Waals surface area contributed by atoms with Gasteiger partial charge in [0, 0.05) is 19.5 Å². The van der Waals surface area contributed by atoms with Gasteiger partial charge in [-0.2, -0.15) is 0 Å². The molecule has 1 aliphatic carbocycles. The second kappa shape index (κ2) is 4.11. The molecule has 1 unspecified atom stereocenters. The maximum atomic E-state index is 11.6. The van der Waals surface area contributed by atoms with Crippen molar-refractivity contribution in [1.82, 2.24) is 15.5 Å². The van der Waals surface area contributed by atoms with Crippen LogP contribution < -0.4 is 10.6 Å². The first-order valence-electron chi connectivity index (χ1n) is 5.45. The number of likely N-dealkylation sites (N-methyl/N-ethyl adjacent to an activating group) is 1. The Kier molecular flexibility index (Phi) is 2.80. The van der Waals surface area contributed by atoms with Crippen LogP contribution in [0, 0.1) is 0 Å². The van der Waals surface area contributed by atoms with Gasteiger partial charge in [0.15, 0.2) is 0 Å². The summed E-state index contributed by atoms with van der Waals surface area (Å²) in [6.45, 7) is 0. The Morgan fingerprint density at radius 1 is 1.25 bits per heavy atom. The van der Waals surface area contributed by atoms with E-state index in [0.717, 1.165) is 17.7 Å². The van der Waals surface area contributed by atoms with Gasteiger partial charge in [0.1, 0.15) is 6.04 Å². The van der Waals surface area contributed by atoms with Crippen LogP contribution in [0.25, 0.3) is 0 Å². The van der Waals surface area contributed by atoms with E-state index in [1.54, 1.807) is 0 Å². The molecule has 88 valence electrons. The predicted octanol–water partition coefficient (Wildman–Crippen LogP) is -0.405. The molecule has 2 fully saturated rings. The number of imide groups is 1. The van der Waals surface area contributed by atoms with E-state index in [2.05, 4.69) is 10.6 Å². The third-order valence-corrected chi connectivity index (χ3v) is 2.87. The summed E-state index contributed by atoms with van der Waals surface area (Å²) in [7, 11) is 1.44. The number of nitrogens with one attached hydrogen (secondary N) is 2. The van der Waals surface area contributed by atoms with Crippen LogP contribution in [0.4, 0.5) is 4.79 Å². The molecule has 1 heterocycles. The smallest absolute Gasteiger partial charge is 0.315 e. The van der Waals surface area contributed by atoms with Crippen molar-refractivity contribution >= 4 is 17.8 Å². The van der Waals surface area contributed by atoms with Crippen molar-refractivity contribution in [2.45, 2.75) is 37.8 Å². The highest BCUT2D eigenvalue weighted by atomic mass is 16.2. The zero-order valence-electron chi connectivity index (χ0n) is 9.16. The number of likely N-dealkylation sites (tertiary alicyclic amines) is 1. The average Bonchev–Trinajstić information content (AvgIpc) is 3.03. The van der Waals surface area contributed by atoms with E-state index in [4.69, 9.17) is 0 Å². The van der Waals surface area contributed by atoms with Crippen LogP contribution in [0.5, 0.6) is 0 Å². The number of carbonyl (C=O) groups excluding carboxylic acids is 3. The Bertz CT molecular complexity index is 338. The number of hydrogen-bond acceptors (Lipinski definition) is 3. The van der Waals surface area contributed by atoms with Gasteiger partial charge in [0.2, 0.25) is 5.91 Å². The molecule has 1 atom stereocenters. The number of amides is 4. The van der Waals surface area contributed by atoms with Gasteiger partial charge in [-0.3, -0.25) is 14.5 Å². The molecule has 0 aromatic carbocycles. The normalized spacial score (nSPS) is 25.6. The van der Waals surface area contributed by atoms with Gasteiger partial charge in [-0.25, -0.2) is 4.79 Å². The first-order chi connectivity index (χ1) is 7.58. The minimum absolute atomic E-state index is 0.189. The standard InChI is InChI=1S/C10H15N3O3/c1-13-8(14)5-4-7(9(13)15)12-10(16)11-6-2-3-6/h6-7H,2-5H2,1H3,(H2,11,12,16). The second-order valence-electron chi connectivity index (χ2n) is 4.27. The summed E-state index contributed by atoms with van der Waals surface area (Å²) in [6.07, 6.45) is 2.70. The molecular weight excluding hydrogens is 210 g/mol. The lowest BCUT2D eigenvalue weighted by Gasteiger charge is -2.28. The van der Waals surface area contributed by atoms with Crippen LogP contribution in [0.2, 0.25) is 0 Å². The average molecular weight is 225 g/mol. The van der Waals surface area contributed by atoms with E-state index in [0.29, 0.717) is 12.8 Å². The number of rotatable bonds is 2. The van der Waals surface area contributed by atoms with Gasteiger partial charge in [-0.15, -0.1) is 0 Å². The highest BCUT2D eigenvalue weighted by Crippen LogP contribution is 2.18. The molecule has 0 spiro atoms. The molecule has 2 rings (SSSR count). The number of piperidine rings is 1. The van der Waals surface area contributed by atoms with Gasteiger partial charge in [0.25, 0.3) is 5.91 Å². The third-order valence-electron chi connectivity index (χ3n) is 2.87. The molecule has 2 aliphatic rings. The van der Waals surface area contributed by atoms with Crippen molar-refractivity contribution in [3.05, 3.63) is 0 Å². The van der Waals surface area contributed by atoms with Gasteiger partial charge in [0.05, 0.1) is 0 Å². The molecular formula is C10H15N3O3. The van der Waals surface area contributed by atoms with Crippen LogP contribution in [-0.2, 0) is 9.59 Å². The van der Waals surface area contributed by atoms with Gasteiger partial charge in [-0.05, 0) is 19.3 Å². The molecule has 1 aliphatic heterocycles. The third kappa shape index (κ3) is 2.32. The zero-order chi connectivity index (χ0) is 11.7. The number of carbonyl (C=O) groups is 3. The highest BCUT2D eigenvalue weighted by Gasteiger charge is 2.33. The lowest BCUT2D eigenvalue weighted by atomic mass is 10.1. The second-order valence-corrected chi connectivity index (χ2v) is 4.27. The SMILES string of the molecule is CN1C(=O)CCC(NC(=O)NC2CC2)C1=O. The maximum Gasteiger partial charge on any atom is 0.315 e. The summed E-state index contributed by atoms with van der Waals surface area (Å²) in [5.41, 5.74) is 0. The summed E-state index contributed by atoms with van der Waals surface area (Å²) < 4.78 is 0. The number of hydrogen-bond donors (Lipinski definition) is 2. The van der Waals surface area contributed by atoms with Crippen molar-refractivity contribution in [3.8, 4) is 0 Å². The molecule has 0 radical (unpaired) electrons. The molecule has 2 N–H and O–H groups in total. The molecule has 0 bridgehead atoms. The first-order valence-corrected chi connectivity index (χ1v) is 5.45. The number of urea groups is 1. The van der Waals surface area contributed by atoms with Crippen molar-refractivity contribution in [2.24, 2.45) is 0 Å². The summed E-state index contributed by atoms with van der Waals surface area (Å²) >= 11 is 0. The molecule has 0 aromatic rings. The predicted molar refractivity (Wildman–Crippen MR) is 55.5 cm³/mol. The van der Waals surface area contributed by atoms with E-state index in [9.17, 15) is 14.4 Å². The van der Waals surface area contributed by atoms with Crippen LogP contribution in [0.1, 0.15) is 25.7 Å². The van der Waals surface area contributed by atoms with E-state index >= 15 is 0 Å². The Morgan fingerprint density at radius 2 is 1.94 bits per heavy atom. The Balaban J connectivity index is 1.86. The summed E-state index contributed by atoms with van der Waals surface area (Å²) in [5, 5.41) is 5.34. The highest BCUT2D eigenvalue weighted by molar-refractivity contribution is 6.01. The maximum absolute atomic E-state index is 11.6. The molecule has 6 heteroatoms. The Hall–Kier alpha value is -1.59. The zero-order valence-corrected chi connectivity index (χ0v) is 9.16. The van der Waals surface area contributed by atoms with Crippen LogP contribution in [-0.4, -0.2) is 41.9 Å². The molecule has 16 heavy (non-hydrogen) atoms. The van der Waals surface area contributed by atoms with Crippen molar-refractivity contribution in [3.63, 3.8) is 0 Å². The Labute approximate surface area is 93.4 Å². The molecule has 1 saturated carbocycles. The van der Waals surface area contributed by atoms with Crippen molar-refractivity contribution < 1.29 is 14.4 Å². The van der Waals surface area contributed by atoms with E-state index in [1.165, 1.54) is 7.05 Å². The molecule has 0 aromatic heterocycles. The minimum Gasteiger partial charge on any atom is -0.335 e. The largest absolute Gasteiger partial charge is 0.335 e. The van der Waals surface area contributed by atoms with Crippen LogP contribution >= 0.6 is 0 Å². The summed E-state index contributed by atoms with van der Waals surface area (Å²) in [4.78, 5) is 35.3. The van der Waals surface area contributed by atoms with E-state index in [-0.39, 0.29) is 23.9 Å². The fraction of sp³-hybridized carbons (Fsp3) is 0.700. The monoisotopic (exact) mass is 225 g/mol. The fourth-order valence-corrected chi connectivity index (χ4v) is 1.66. The minimum atomic E-state index is -0.568. The van der Waals surface area contributed by atoms with E-state index in [1.807, 2.05) is 0 Å². The Morgan fingerprint density at radius 3 is 2.56 bits per heavy atom. The van der Waals surface area contributed by atoms with Crippen LogP contribution in [0.3, 0.4) is 0 Å². The lowest BCUT2D eigenvalue weighted by molar-refractivity contribution is -0.147. The molecule has 1 saturated heterocycles. The molecule has 6 nitrogen and oxygen atoms in total. The van der Waals surface area contributed by atoms with E-state index < -0.39 is 6.04 Å². The van der Waals surface area contributed by atoms with Crippen LogP contribution in [0.15, 0.2) is 0 Å². The topological polar surface area (TPSA) is 78.5 Å².